The van der Waals surface area contributed by atoms with Crippen LogP contribution in [0.25, 0.3) is 0 Å². The maximum Gasteiger partial charge on any atom is 0.359 e. The second kappa shape index (κ2) is 6.86. The third-order valence-corrected chi connectivity index (χ3v) is 3.65. The summed E-state index contributed by atoms with van der Waals surface area (Å²) in [7, 11) is -2.09. The summed E-state index contributed by atoms with van der Waals surface area (Å²) in [4.78, 5) is 0. The molecule has 17 heavy (non-hydrogen) atoms. The van der Waals surface area contributed by atoms with Gasteiger partial charge in [0, 0.05) is 6.42 Å². The molecule has 1 heterocycles. The standard InChI is InChI=1S/C11H21NO4S/c1-3-4-5-6-7-10-11(15-2)8-9-16-17(13,14)12-10/h12H,3-9H2,1-2H3. The molecule has 1 aliphatic heterocycles. The van der Waals surface area contributed by atoms with E-state index >= 15 is 0 Å². The van der Waals surface area contributed by atoms with Gasteiger partial charge in [0.15, 0.2) is 0 Å². The Morgan fingerprint density at radius 1 is 1.35 bits per heavy atom. The summed E-state index contributed by atoms with van der Waals surface area (Å²) in [5.41, 5.74) is 0.640. The average molecular weight is 263 g/mol. The van der Waals surface area contributed by atoms with Crippen LogP contribution in [0.4, 0.5) is 0 Å². The van der Waals surface area contributed by atoms with Crippen molar-refractivity contribution < 1.29 is 17.3 Å². The predicted molar refractivity (Wildman–Crippen MR) is 65.4 cm³/mol. The van der Waals surface area contributed by atoms with Gasteiger partial charge in [0.1, 0.15) is 5.76 Å². The van der Waals surface area contributed by atoms with E-state index < -0.39 is 10.3 Å². The zero-order chi connectivity index (χ0) is 12.7. The van der Waals surface area contributed by atoms with Gasteiger partial charge in [-0.05, 0) is 12.8 Å². The molecule has 0 fully saturated rings. The Morgan fingerprint density at radius 3 is 2.76 bits per heavy atom. The highest BCUT2D eigenvalue weighted by Gasteiger charge is 2.20. The molecule has 1 N–H and O–H groups in total. The molecule has 0 aromatic heterocycles. The normalized spacial score (nSPS) is 19.6. The zero-order valence-corrected chi connectivity index (χ0v) is 11.3. The molecule has 1 aliphatic rings. The Kier molecular flexibility index (Phi) is 5.77. The number of hydrogen-bond acceptors (Lipinski definition) is 4. The number of allylic oxidation sites excluding steroid dienone is 1. The molecule has 0 aliphatic carbocycles. The molecule has 0 saturated carbocycles. The average Bonchev–Trinajstić information content (AvgIpc) is 2.42. The number of unbranched alkanes of at least 4 members (excludes halogenated alkanes) is 3. The van der Waals surface area contributed by atoms with Crippen LogP contribution in [-0.4, -0.2) is 22.1 Å². The fourth-order valence-corrected chi connectivity index (χ4v) is 2.66. The summed E-state index contributed by atoms with van der Waals surface area (Å²) < 4.78 is 35.2. The van der Waals surface area contributed by atoms with Crippen molar-refractivity contribution in [1.82, 2.24) is 4.72 Å². The van der Waals surface area contributed by atoms with Crippen molar-refractivity contribution in [3.63, 3.8) is 0 Å². The van der Waals surface area contributed by atoms with Crippen LogP contribution in [0.5, 0.6) is 0 Å². The fraction of sp³-hybridized carbons (Fsp3) is 0.818. The van der Waals surface area contributed by atoms with Gasteiger partial charge in [-0.25, -0.2) is 0 Å². The van der Waals surface area contributed by atoms with Crippen molar-refractivity contribution in [2.45, 2.75) is 45.4 Å². The summed E-state index contributed by atoms with van der Waals surface area (Å²) in [5.74, 6) is 0.683. The van der Waals surface area contributed by atoms with Crippen molar-refractivity contribution in [3.05, 3.63) is 11.5 Å². The minimum absolute atomic E-state index is 0.136. The maximum absolute atomic E-state index is 11.4. The molecule has 100 valence electrons. The molecule has 5 nitrogen and oxygen atoms in total. The van der Waals surface area contributed by atoms with Gasteiger partial charge in [-0.2, -0.15) is 8.42 Å². The lowest BCUT2D eigenvalue weighted by molar-refractivity contribution is 0.246. The Balaban J connectivity index is 2.63. The number of nitrogens with one attached hydrogen (secondary N) is 1. The molecule has 0 saturated heterocycles. The quantitative estimate of drug-likeness (QED) is 0.745. The van der Waals surface area contributed by atoms with Gasteiger partial charge in [-0.15, -0.1) is 0 Å². The topological polar surface area (TPSA) is 64.6 Å². The van der Waals surface area contributed by atoms with Crippen molar-refractivity contribution >= 4 is 10.3 Å². The molecule has 1 rings (SSSR count). The molecule has 0 amide bonds. The van der Waals surface area contributed by atoms with E-state index in [-0.39, 0.29) is 6.61 Å². The molecule has 0 spiro atoms. The third kappa shape index (κ3) is 4.95. The molecular weight excluding hydrogens is 242 g/mol. The first-order chi connectivity index (χ1) is 8.09. The molecule has 0 atom stereocenters. The molecule has 0 radical (unpaired) electrons. The smallest absolute Gasteiger partial charge is 0.359 e. The fourth-order valence-electron chi connectivity index (χ4n) is 1.78. The highest BCUT2D eigenvalue weighted by Crippen LogP contribution is 2.19. The van der Waals surface area contributed by atoms with E-state index in [2.05, 4.69) is 11.6 Å². The van der Waals surface area contributed by atoms with Crippen LogP contribution in [0, 0.1) is 0 Å². The lowest BCUT2D eigenvalue weighted by Gasteiger charge is -2.11. The van der Waals surface area contributed by atoms with Crippen LogP contribution in [0.2, 0.25) is 0 Å². The lowest BCUT2D eigenvalue weighted by atomic mass is 10.1. The Hall–Kier alpha value is -0.750. The summed E-state index contributed by atoms with van der Waals surface area (Å²) in [6.07, 6.45) is 5.56. The highest BCUT2D eigenvalue weighted by molar-refractivity contribution is 7.84. The van der Waals surface area contributed by atoms with E-state index in [0.29, 0.717) is 24.3 Å². The van der Waals surface area contributed by atoms with Gasteiger partial charge in [0.2, 0.25) is 0 Å². The minimum atomic E-state index is -3.64. The largest absolute Gasteiger partial charge is 0.499 e. The molecule has 0 aromatic carbocycles. The molecule has 6 heteroatoms. The monoisotopic (exact) mass is 263 g/mol. The van der Waals surface area contributed by atoms with Crippen LogP contribution in [0.3, 0.4) is 0 Å². The second-order valence-electron chi connectivity index (χ2n) is 4.04. The van der Waals surface area contributed by atoms with E-state index in [1.807, 2.05) is 0 Å². The summed E-state index contributed by atoms with van der Waals surface area (Å²) >= 11 is 0. The van der Waals surface area contributed by atoms with E-state index in [9.17, 15) is 8.42 Å². The molecule has 0 bridgehead atoms. The van der Waals surface area contributed by atoms with Crippen LogP contribution >= 0.6 is 0 Å². The van der Waals surface area contributed by atoms with Crippen LogP contribution in [-0.2, 0) is 19.2 Å². The van der Waals surface area contributed by atoms with Crippen molar-refractivity contribution in [2.24, 2.45) is 0 Å². The van der Waals surface area contributed by atoms with Crippen LogP contribution in [0.1, 0.15) is 45.4 Å². The zero-order valence-electron chi connectivity index (χ0n) is 10.5. The van der Waals surface area contributed by atoms with Gasteiger partial charge < -0.3 is 4.74 Å². The van der Waals surface area contributed by atoms with Crippen molar-refractivity contribution in [3.8, 4) is 0 Å². The Labute approximate surface area is 103 Å². The third-order valence-electron chi connectivity index (χ3n) is 2.68. The number of ether oxygens (including phenoxy) is 1. The SMILES string of the molecule is CCCCCCC1=C(OC)CCOS(=O)(=O)N1. The van der Waals surface area contributed by atoms with E-state index in [1.54, 1.807) is 7.11 Å². The Morgan fingerprint density at radius 2 is 2.12 bits per heavy atom. The van der Waals surface area contributed by atoms with E-state index in [1.165, 1.54) is 6.42 Å². The number of rotatable bonds is 6. The number of hydrogen-bond donors (Lipinski definition) is 1. The first-order valence-electron chi connectivity index (χ1n) is 6.02. The van der Waals surface area contributed by atoms with Gasteiger partial charge in [-0.1, -0.05) is 26.2 Å². The summed E-state index contributed by atoms with van der Waals surface area (Å²) in [6.45, 7) is 2.28. The summed E-state index contributed by atoms with van der Waals surface area (Å²) in [6, 6.07) is 0. The van der Waals surface area contributed by atoms with Gasteiger partial charge >= 0.3 is 10.3 Å². The van der Waals surface area contributed by atoms with Crippen molar-refractivity contribution in [2.75, 3.05) is 13.7 Å². The van der Waals surface area contributed by atoms with Gasteiger partial charge in [0.05, 0.1) is 19.4 Å². The highest BCUT2D eigenvalue weighted by atomic mass is 32.2. The lowest BCUT2D eigenvalue weighted by Crippen LogP contribution is -2.24. The Bertz CT molecular complexity index is 362. The van der Waals surface area contributed by atoms with Gasteiger partial charge in [-0.3, -0.25) is 8.91 Å². The first-order valence-corrected chi connectivity index (χ1v) is 7.43. The predicted octanol–water partition coefficient (Wildman–Crippen LogP) is 2.07. The van der Waals surface area contributed by atoms with Crippen LogP contribution < -0.4 is 4.72 Å². The van der Waals surface area contributed by atoms with E-state index in [4.69, 9.17) is 8.92 Å². The number of methoxy groups -OCH3 is 1. The maximum atomic E-state index is 11.4. The second-order valence-corrected chi connectivity index (χ2v) is 5.39. The van der Waals surface area contributed by atoms with E-state index in [0.717, 1.165) is 19.3 Å². The molecular formula is C11H21NO4S. The first kappa shape index (κ1) is 14.3. The van der Waals surface area contributed by atoms with Gasteiger partial charge in [0.25, 0.3) is 0 Å². The van der Waals surface area contributed by atoms with Crippen LogP contribution in [0.15, 0.2) is 11.5 Å². The summed E-state index contributed by atoms with van der Waals surface area (Å²) in [5, 5.41) is 0. The molecule has 0 aromatic rings. The van der Waals surface area contributed by atoms with Crippen molar-refractivity contribution in [1.29, 1.82) is 0 Å². The minimum Gasteiger partial charge on any atom is -0.499 e. The molecule has 0 unspecified atom stereocenters.